The van der Waals surface area contributed by atoms with Gasteiger partial charge in [0, 0.05) is 18.9 Å². The highest BCUT2D eigenvalue weighted by atomic mass is 35.5. The molecule has 0 spiro atoms. The van der Waals surface area contributed by atoms with E-state index in [1.807, 2.05) is 24.3 Å². The van der Waals surface area contributed by atoms with Crippen LogP contribution in [0.2, 0.25) is 10.0 Å². The quantitative estimate of drug-likeness (QED) is 0.904. The van der Waals surface area contributed by atoms with Crippen LogP contribution in [0.5, 0.6) is 0 Å². The van der Waals surface area contributed by atoms with E-state index in [0.717, 1.165) is 18.7 Å². The second-order valence-electron chi connectivity index (χ2n) is 3.63. The molecule has 0 saturated heterocycles. The summed E-state index contributed by atoms with van der Waals surface area (Å²) in [6, 6.07) is 9.57. The molecule has 17 heavy (non-hydrogen) atoms. The van der Waals surface area contributed by atoms with Crippen LogP contribution in [0.1, 0.15) is 5.56 Å². The van der Waals surface area contributed by atoms with Gasteiger partial charge in [-0.05, 0) is 36.2 Å². The maximum atomic E-state index is 6.07. The summed E-state index contributed by atoms with van der Waals surface area (Å²) in [7, 11) is 0. The highest BCUT2D eigenvalue weighted by Crippen LogP contribution is 2.29. The summed E-state index contributed by atoms with van der Waals surface area (Å²) in [6.07, 6.45) is 4.51. The maximum absolute atomic E-state index is 6.07. The van der Waals surface area contributed by atoms with Crippen molar-refractivity contribution in [3.63, 3.8) is 0 Å². The average molecular weight is 267 g/mol. The summed E-state index contributed by atoms with van der Waals surface area (Å²) in [5.41, 5.74) is 2.11. The Kier molecular flexibility index (Phi) is 4.24. The van der Waals surface area contributed by atoms with Crippen LogP contribution in [0.25, 0.3) is 0 Å². The van der Waals surface area contributed by atoms with Crippen molar-refractivity contribution in [3.8, 4) is 0 Å². The van der Waals surface area contributed by atoms with Crippen LogP contribution in [-0.4, -0.2) is 11.5 Å². The Bertz CT molecular complexity index is 486. The van der Waals surface area contributed by atoms with E-state index in [-0.39, 0.29) is 0 Å². The molecule has 1 aromatic heterocycles. The number of hydrogen-bond donors (Lipinski definition) is 1. The lowest BCUT2D eigenvalue weighted by atomic mass is 10.2. The van der Waals surface area contributed by atoms with Gasteiger partial charge in [0.25, 0.3) is 0 Å². The molecule has 0 saturated carbocycles. The van der Waals surface area contributed by atoms with Gasteiger partial charge in [-0.1, -0.05) is 29.3 Å². The number of hydrogen-bond acceptors (Lipinski definition) is 2. The monoisotopic (exact) mass is 266 g/mol. The minimum atomic E-state index is 0.570. The molecule has 1 N–H and O–H groups in total. The number of aromatic nitrogens is 1. The first-order chi connectivity index (χ1) is 8.27. The van der Waals surface area contributed by atoms with Crippen LogP contribution in [0.15, 0.2) is 42.7 Å². The zero-order valence-corrected chi connectivity index (χ0v) is 10.7. The molecule has 0 bridgehead atoms. The fourth-order valence-corrected chi connectivity index (χ4v) is 1.90. The molecule has 0 unspecified atom stereocenters. The smallest absolute Gasteiger partial charge is 0.0823 e. The zero-order chi connectivity index (χ0) is 12.1. The van der Waals surface area contributed by atoms with Crippen LogP contribution in [0.4, 0.5) is 5.69 Å². The van der Waals surface area contributed by atoms with Crippen molar-refractivity contribution >= 4 is 28.9 Å². The summed E-state index contributed by atoms with van der Waals surface area (Å²) in [5.74, 6) is 0. The van der Waals surface area contributed by atoms with Gasteiger partial charge in [-0.2, -0.15) is 0 Å². The third kappa shape index (κ3) is 3.35. The molecule has 2 nitrogen and oxygen atoms in total. The van der Waals surface area contributed by atoms with Crippen molar-refractivity contribution in [2.45, 2.75) is 6.42 Å². The number of pyridine rings is 1. The van der Waals surface area contributed by atoms with Crippen LogP contribution in [0, 0.1) is 0 Å². The van der Waals surface area contributed by atoms with E-state index in [2.05, 4.69) is 10.3 Å². The second-order valence-corrected chi connectivity index (χ2v) is 4.42. The molecule has 0 fully saturated rings. The zero-order valence-electron chi connectivity index (χ0n) is 9.16. The highest BCUT2D eigenvalue weighted by molar-refractivity contribution is 6.43. The van der Waals surface area contributed by atoms with Gasteiger partial charge in [0.2, 0.25) is 0 Å². The number of nitrogens with one attached hydrogen (secondary N) is 1. The first-order valence-electron chi connectivity index (χ1n) is 5.34. The Morgan fingerprint density at radius 2 is 1.82 bits per heavy atom. The third-order valence-electron chi connectivity index (χ3n) is 2.43. The first-order valence-corrected chi connectivity index (χ1v) is 6.10. The molecular formula is C13H12Cl2N2. The molecule has 0 aliphatic heterocycles. The Balaban J connectivity index is 1.93. The van der Waals surface area contributed by atoms with Crippen molar-refractivity contribution in [1.29, 1.82) is 0 Å². The van der Waals surface area contributed by atoms with Crippen LogP contribution in [0.3, 0.4) is 0 Å². The molecule has 0 amide bonds. The number of benzene rings is 1. The SMILES string of the molecule is Clc1cccc(NCCc2ccncc2)c1Cl. The van der Waals surface area contributed by atoms with Gasteiger partial charge in [0.05, 0.1) is 15.7 Å². The van der Waals surface area contributed by atoms with Crippen LogP contribution >= 0.6 is 23.2 Å². The standard InChI is InChI=1S/C13H12Cl2N2/c14-11-2-1-3-12(13(11)15)17-9-6-10-4-7-16-8-5-10/h1-5,7-8,17H,6,9H2. The topological polar surface area (TPSA) is 24.9 Å². The molecule has 2 rings (SSSR count). The predicted octanol–water partition coefficient (Wildman–Crippen LogP) is 4.04. The summed E-state index contributed by atoms with van der Waals surface area (Å²) >= 11 is 12.0. The highest BCUT2D eigenvalue weighted by Gasteiger charge is 2.02. The van der Waals surface area contributed by atoms with Gasteiger partial charge in [0.15, 0.2) is 0 Å². The Labute approximate surface area is 111 Å². The average Bonchev–Trinajstić information content (AvgIpc) is 2.36. The van der Waals surface area contributed by atoms with Gasteiger partial charge in [-0.25, -0.2) is 0 Å². The van der Waals surface area contributed by atoms with Gasteiger partial charge in [-0.15, -0.1) is 0 Å². The number of halogens is 2. The largest absolute Gasteiger partial charge is 0.383 e. The molecule has 88 valence electrons. The second kappa shape index (κ2) is 5.89. The van der Waals surface area contributed by atoms with Crippen molar-refractivity contribution in [2.24, 2.45) is 0 Å². The van der Waals surface area contributed by atoms with E-state index in [0.29, 0.717) is 10.0 Å². The molecule has 0 aliphatic carbocycles. The lowest BCUT2D eigenvalue weighted by Gasteiger charge is -2.09. The summed E-state index contributed by atoms with van der Waals surface area (Å²) in [4.78, 5) is 3.98. The number of anilines is 1. The number of nitrogens with zero attached hydrogens (tertiary/aromatic N) is 1. The molecule has 1 heterocycles. The fraction of sp³-hybridized carbons (Fsp3) is 0.154. The molecule has 0 atom stereocenters. The van der Waals surface area contributed by atoms with Crippen LogP contribution < -0.4 is 5.32 Å². The minimum Gasteiger partial charge on any atom is -0.383 e. The lowest BCUT2D eigenvalue weighted by Crippen LogP contribution is -2.05. The van der Waals surface area contributed by atoms with E-state index in [1.165, 1.54) is 5.56 Å². The van der Waals surface area contributed by atoms with Crippen molar-refractivity contribution in [3.05, 3.63) is 58.3 Å². The minimum absolute atomic E-state index is 0.570. The lowest BCUT2D eigenvalue weighted by molar-refractivity contribution is 1.01. The Morgan fingerprint density at radius 3 is 2.59 bits per heavy atom. The first kappa shape index (κ1) is 12.2. The fourth-order valence-electron chi connectivity index (χ4n) is 1.53. The predicted molar refractivity (Wildman–Crippen MR) is 72.9 cm³/mol. The van der Waals surface area contributed by atoms with E-state index in [1.54, 1.807) is 18.5 Å². The van der Waals surface area contributed by atoms with E-state index < -0.39 is 0 Å². The Morgan fingerprint density at radius 1 is 1.06 bits per heavy atom. The number of rotatable bonds is 4. The normalized spacial score (nSPS) is 10.2. The van der Waals surface area contributed by atoms with Crippen molar-refractivity contribution in [2.75, 3.05) is 11.9 Å². The van der Waals surface area contributed by atoms with E-state index in [4.69, 9.17) is 23.2 Å². The van der Waals surface area contributed by atoms with Gasteiger partial charge >= 0.3 is 0 Å². The van der Waals surface area contributed by atoms with E-state index in [9.17, 15) is 0 Å². The molecule has 2 aromatic rings. The van der Waals surface area contributed by atoms with Crippen LogP contribution in [-0.2, 0) is 6.42 Å². The van der Waals surface area contributed by atoms with E-state index >= 15 is 0 Å². The summed E-state index contributed by atoms with van der Waals surface area (Å²) in [6.45, 7) is 0.810. The van der Waals surface area contributed by atoms with Crippen molar-refractivity contribution in [1.82, 2.24) is 4.98 Å². The Hall–Kier alpha value is -1.25. The molecule has 4 heteroatoms. The summed E-state index contributed by atoms with van der Waals surface area (Å²) in [5, 5.41) is 4.41. The molecule has 0 aliphatic rings. The molecule has 1 aromatic carbocycles. The van der Waals surface area contributed by atoms with Gasteiger partial charge in [0.1, 0.15) is 0 Å². The molecular weight excluding hydrogens is 255 g/mol. The van der Waals surface area contributed by atoms with Gasteiger partial charge in [-0.3, -0.25) is 4.98 Å². The third-order valence-corrected chi connectivity index (χ3v) is 3.25. The maximum Gasteiger partial charge on any atom is 0.0823 e. The molecule has 0 radical (unpaired) electrons. The van der Waals surface area contributed by atoms with Gasteiger partial charge < -0.3 is 5.32 Å². The van der Waals surface area contributed by atoms with Crippen molar-refractivity contribution < 1.29 is 0 Å². The summed E-state index contributed by atoms with van der Waals surface area (Å²) < 4.78 is 0.